The summed E-state index contributed by atoms with van der Waals surface area (Å²) in [5, 5.41) is 12.5. The Morgan fingerprint density at radius 2 is 1.82 bits per heavy atom. The summed E-state index contributed by atoms with van der Waals surface area (Å²) in [5.41, 5.74) is 1.73. The number of amides is 1. The molecule has 1 heterocycles. The molecule has 4 rings (SSSR count). The highest BCUT2D eigenvalue weighted by molar-refractivity contribution is 9.10. The number of hydrogen-bond donors (Lipinski definition) is 2. The second kappa shape index (κ2) is 8.16. The first kappa shape index (κ1) is 18.7. The van der Waals surface area contributed by atoms with Gasteiger partial charge < -0.3 is 5.32 Å². The molecule has 2 N–H and O–H groups in total. The molecule has 28 heavy (non-hydrogen) atoms. The van der Waals surface area contributed by atoms with E-state index in [9.17, 15) is 4.79 Å². The Morgan fingerprint density at radius 1 is 1.07 bits per heavy atom. The third-order valence-corrected chi connectivity index (χ3v) is 5.95. The van der Waals surface area contributed by atoms with Crippen LogP contribution >= 0.6 is 27.7 Å². The summed E-state index contributed by atoms with van der Waals surface area (Å²) in [7, 11) is 0. The number of benzene rings is 3. The first-order valence-electron chi connectivity index (χ1n) is 8.74. The molecule has 1 amide bonds. The lowest BCUT2D eigenvalue weighted by molar-refractivity contribution is -0.115. The van der Waals surface area contributed by atoms with Crippen LogP contribution in [0.1, 0.15) is 6.92 Å². The molecule has 140 valence electrons. The predicted molar refractivity (Wildman–Crippen MR) is 117 cm³/mol. The Labute approximate surface area is 175 Å². The molecule has 0 radical (unpaired) electrons. The maximum absolute atomic E-state index is 12.7. The van der Waals surface area contributed by atoms with E-state index in [0.717, 1.165) is 26.5 Å². The van der Waals surface area contributed by atoms with Crippen molar-refractivity contribution >= 4 is 50.1 Å². The number of nitrogens with one attached hydrogen (secondary N) is 2. The van der Waals surface area contributed by atoms with Crippen LogP contribution in [0.3, 0.4) is 0 Å². The Kier molecular flexibility index (Phi) is 5.45. The van der Waals surface area contributed by atoms with Gasteiger partial charge in [0.05, 0.1) is 5.25 Å². The van der Waals surface area contributed by atoms with Crippen molar-refractivity contribution in [2.24, 2.45) is 0 Å². The van der Waals surface area contributed by atoms with E-state index < -0.39 is 0 Å². The highest BCUT2D eigenvalue weighted by atomic mass is 79.9. The zero-order chi connectivity index (χ0) is 19.5. The molecular weight excluding hydrogens is 436 g/mol. The van der Waals surface area contributed by atoms with Crippen LogP contribution in [0.5, 0.6) is 0 Å². The standard InChI is InChI=1S/C21H17BrN4OS/c1-13(20(27)23-18-12-6-8-14-7-2-3-9-15(14)18)28-21-24-19(25-26-21)16-10-4-5-11-17(16)22/h2-13H,1H3,(H,23,27)(H,24,25,26)/t13-/m1/s1. The molecule has 7 heteroatoms. The van der Waals surface area contributed by atoms with Gasteiger partial charge in [0, 0.05) is 21.1 Å². The summed E-state index contributed by atoms with van der Waals surface area (Å²) < 4.78 is 0.935. The molecule has 0 saturated heterocycles. The Balaban J connectivity index is 1.47. The smallest absolute Gasteiger partial charge is 0.237 e. The van der Waals surface area contributed by atoms with E-state index in [4.69, 9.17) is 0 Å². The number of aromatic nitrogens is 3. The van der Waals surface area contributed by atoms with Crippen LogP contribution in [0.2, 0.25) is 0 Å². The van der Waals surface area contributed by atoms with Gasteiger partial charge in [-0.15, -0.1) is 5.10 Å². The van der Waals surface area contributed by atoms with Crippen LogP contribution in [0.25, 0.3) is 22.2 Å². The fourth-order valence-electron chi connectivity index (χ4n) is 2.85. The van der Waals surface area contributed by atoms with Crippen molar-refractivity contribution in [1.82, 2.24) is 15.2 Å². The van der Waals surface area contributed by atoms with Crippen LogP contribution in [-0.2, 0) is 4.79 Å². The minimum atomic E-state index is -0.346. The summed E-state index contributed by atoms with van der Waals surface area (Å²) >= 11 is 4.83. The van der Waals surface area contributed by atoms with Crippen LogP contribution in [0, 0.1) is 0 Å². The lowest BCUT2D eigenvalue weighted by Crippen LogP contribution is -2.22. The van der Waals surface area contributed by atoms with Crippen molar-refractivity contribution in [1.29, 1.82) is 0 Å². The van der Waals surface area contributed by atoms with Crippen molar-refractivity contribution in [3.63, 3.8) is 0 Å². The van der Waals surface area contributed by atoms with Crippen molar-refractivity contribution < 1.29 is 4.79 Å². The molecule has 1 atom stereocenters. The predicted octanol–water partition coefficient (Wildman–Crippen LogP) is 5.51. The quantitative estimate of drug-likeness (QED) is 0.391. The highest BCUT2D eigenvalue weighted by Crippen LogP contribution is 2.28. The van der Waals surface area contributed by atoms with Crippen molar-refractivity contribution in [3.8, 4) is 11.4 Å². The van der Waals surface area contributed by atoms with Gasteiger partial charge in [0.2, 0.25) is 11.1 Å². The third-order valence-electron chi connectivity index (χ3n) is 4.29. The maximum Gasteiger partial charge on any atom is 0.237 e. The summed E-state index contributed by atoms with van der Waals surface area (Å²) in [4.78, 5) is 17.2. The summed E-state index contributed by atoms with van der Waals surface area (Å²) in [6.45, 7) is 1.85. The monoisotopic (exact) mass is 452 g/mol. The zero-order valence-corrected chi connectivity index (χ0v) is 17.4. The molecule has 4 aromatic rings. The van der Waals surface area contributed by atoms with Crippen LogP contribution in [0.4, 0.5) is 5.69 Å². The van der Waals surface area contributed by atoms with Gasteiger partial charge in [0.25, 0.3) is 0 Å². The van der Waals surface area contributed by atoms with Gasteiger partial charge in [-0.1, -0.05) is 82.3 Å². The second-order valence-electron chi connectivity index (χ2n) is 6.22. The van der Waals surface area contributed by atoms with Gasteiger partial charge >= 0.3 is 0 Å². The van der Waals surface area contributed by atoms with Gasteiger partial charge in [-0.2, -0.15) is 0 Å². The number of anilines is 1. The van der Waals surface area contributed by atoms with Crippen LogP contribution in [0.15, 0.2) is 76.4 Å². The second-order valence-corrected chi connectivity index (χ2v) is 8.38. The number of carbonyl (C=O) groups is 1. The van der Waals surface area contributed by atoms with Crippen molar-refractivity contribution in [2.45, 2.75) is 17.3 Å². The number of thioether (sulfide) groups is 1. The fraction of sp³-hybridized carbons (Fsp3) is 0.0952. The average molecular weight is 453 g/mol. The van der Waals surface area contributed by atoms with E-state index in [1.54, 1.807) is 0 Å². The molecular formula is C21H17BrN4OS. The molecule has 0 aliphatic carbocycles. The Bertz CT molecular complexity index is 1140. The lowest BCUT2D eigenvalue weighted by atomic mass is 10.1. The van der Waals surface area contributed by atoms with E-state index in [1.165, 1.54) is 11.8 Å². The number of carbonyl (C=O) groups excluding carboxylic acids is 1. The molecule has 5 nitrogen and oxygen atoms in total. The van der Waals surface area contributed by atoms with Gasteiger partial charge in [0.1, 0.15) is 0 Å². The molecule has 0 aliphatic heterocycles. The van der Waals surface area contributed by atoms with Crippen LogP contribution in [-0.4, -0.2) is 26.3 Å². The number of H-pyrrole nitrogens is 1. The minimum absolute atomic E-state index is 0.0893. The molecule has 1 aromatic heterocycles. The maximum atomic E-state index is 12.7. The molecule has 0 aliphatic rings. The molecule has 0 spiro atoms. The number of aromatic amines is 1. The van der Waals surface area contributed by atoms with Gasteiger partial charge in [0.15, 0.2) is 5.82 Å². The normalized spacial score (nSPS) is 12.1. The molecule has 0 saturated carbocycles. The topological polar surface area (TPSA) is 70.7 Å². The van der Waals surface area contributed by atoms with E-state index in [1.807, 2.05) is 73.7 Å². The van der Waals surface area contributed by atoms with E-state index in [0.29, 0.717) is 11.0 Å². The third kappa shape index (κ3) is 3.95. The number of rotatable bonds is 5. The number of nitrogens with zero attached hydrogens (tertiary/aromatic N) is 2. The molecule has 0 fully saturated rings. The minimum Gasteiger partial charge on any atom is -0.325 e. The number of halogens is 1. The first-order valence-corrected chi connectivity index (χ1v) is 10.4. The van der Waals surface area contributed by atoms with Gasteiger partial charge in [-0.3, -0.25) is 9.89 Å². The fourth-order valence-corrected chi connectivity index (χ4v) is 4.05. The summed E-state index contributed by atoms with van der Waals surface area (Å²) in [6.07, 6.45) is 0. The summed E-state index contributed by atoms with van der Waals surface area (Å²) in [5.74, 6) is 0.574. The lowest BCUT2D eigenvalue weighted by Gasteiger charge is -2.12. The average Bonchev–Trinajstić information content (AvgIpc) is 3.16. The van der Waals surface area contributed by atoms with Crippen molar-refractivity contribution in [2.75, 3.05) is 5.32 Å². The molecule has 3 aromatic carbocycles. The first-order chi connectivity index (χ1) is 13.6. The molecule has 0 bridgehead atoms. The molecule has 0 unspecified atom stereocenters. The van der Waals surface area contributed by atoms with Crippen molar-refractivity contribution in [3.05, 3.63) is 71.2 Å². The van der Waals surface area contributed by atoms with E-state index in [-0.39, 0.29) is 11.2 Å². The van der Waals surface area contributed by atoms with E-state index >= 15 is 0 Å². The Hall–Kier alpha value is -2.64. The van der Waals surface area contributed by atoms with Gasteiger partial charge in [-0.05, 0) is 24.4 Å². The van der Waals surface area contributed by atoms with Gasteiger partial charge in [-0.25, -0.2) is 4.98 Å². The SMILES string of the molecule is C[C@@H](Sc1n[nH]c(-c2ccccc2Br)n1)C(=O)Nc1cccc2ccccc12. The largest absolute Gasteiger partial charge is 0.325 e. The highest BCUT2D eigenvalue weighted by Gasteiger charge is 2.18. The Morgan fingerprint density at radius 3 is 2.68 bits per heavy atom. The van der Waals surface area contributed by atoms with Crippen LogP contribution < -0.4 is 5.32 Å². The van der Waals surface area contributed by atoms with E-state index in [2.05, 4.69) is 36.4 Å². The zero-order valence-electron chi connectivity index (χ0n) is 15.0. The number of fused-ring (bicyclic) bond motifs is 1. The summed E-state index contributed by atoms with van der Waals surface area (Å²) in [6, 6.07) is 21.6. The number of hydrogen-bond acceptors (Lipinski definition) is 4.